The summed E-state index contributed by atoms with van der Waals surface area (Å²) in [5.74, 6) is 2.65. The quantitative estimate of drug-likeness (QED) is 0.513. The van der Waals surface area contributed by atoms with E-state index in [1.807, 2.05) is 39.0 Å². The number of terminal acetylenes is 1. The minimum atomic E-state index is 0.944. The van der Waals surface area contributed by atoms with Crippen LogP contribution in [-0.4, -0.2) is 0 Å². The standard InChI is InChI=1S/C11H10S.C2H6/c1-4-10-8-9(3)6-7-11(10)12-5-2;1-2/h1,5-8H,2H2,3H3;1-2H3. The molecule has 0 amide bonds. The van der Waals surface area contributed by atoms with E-state index < -0.39 is 0 Å². The van der Waals surface area contributed by atoms with E-state index in [9.17, 15) is 0 Å². The van der Waals surface area contributed by atoms with Crippen LogP contribution in [0, 0.1) is 19.3 Å². The van der Waals surface area contributed by atoms with Gasteiger partial charge in [-0.15, -0.1) is 6.42 Å². The van der Waals surface area contributed by atoms with Gasteiger partial charge in [-0.1, -0.05) is 44.2 Å². The highest BCUT2D eigenvalue weighted by atomic mass is 32.2. The Hall–Kier alpha value is -1.13. The Morgan fingerprint density at radius 3 is 2.57 bits per heavy atom. The van der Waals surface area contributed by atoms with E-state index in [-0.39, 0.29) is 0 Å². The van der Waals surface area contributed by atoms with Crippen LogP contribution in [0.1, 0.15) is 25.0 Å². The lowest BCUT2D eigenvalue weighted by atomic mass is 10.1. The summed E-state index contributed by atoms with van der Waals surface area (Å²) < 4.78 is 0. The van der Waals surface area contributed by atoms with Crippen molar-refractivity contribution in [2.24, 2.45) is 0 Å². The Bertz CT molecular complexity index is 332. The van der Waals surface area contributed by atoms with Crippen LogP contribution in [0.2, 0.25) is 0 Å². The minimum absolute atomic E-state index is 0.944. The third-order valence-electron chi connectivity index (χ3n) is 1.50. The lowest BCUT2D eigenvalue weighted by Gasteiger charge is -2.01. The van der Waals surface area contributed by atoms with E-state index in [2.05, 4.69) is 12.5 Å². The molecular weight excluding hydrogens is 188 g/mol. The van der Waals surface area contributed by atoms with Gasteiger partial charge in [0.05, 0.1) is 0 Å². The maximum atomic E-state index is 5.35. The average molecular weight is 204 g/mol. The Morgan fingerprint density at radius 1 is 1.43 bits per heavy atom. The second-order valence-corrected chi connectivity index (χ2v) is 3.44. The maximum absolute atomic E-state index is 5.35. The summed E-state index contributed by atoms with van der Waals surface area (Å²) in [4.78, 5) is 1.10. The lowest BCUT2D eigenvalue weighted by Crippen LogP contribution is -1.80. The number of aryl methyl sites for hydroxylation is 1. The van der Waals surface area contributed by atoms with Gasteiger partial charge in [0.15, 0.2) is 0 Å². The van der Waals surface area contributed by atoms with Crippen LogP contribution < -0.4 is 0 Å². The van der Waals surface area contributed by atoms with Gasteiger partial charge in [-0.05, 0) is 30.0 Å². The molecule has 0 nitrogen and oxygen atoms in total. The number of hydrogen-bond acceptors (Lipinski definition) is 1. The van der Waals surface area contributed by atoms with Gasteiger partial charge >= 0.3 is 0 Å². The molecular formula is C13H16S. The number of hydrogen-bond donors (Lipinski definition) is 0. The van der Waals surface area contributed by atoms with Crippen LogP contribution in [0.4, 0.5) is 0 Å². The topological polar surface area (TPSA) is 0 Å². The van der Waals surface area contributed by atoms with E-state index in [1.54, 1.807) is 17.2 Å². The van der Waals surface area contributed by atoms with Crippen molar-refractivity contribution in [3.63, 3.8) is 0 Å². The molecule has 0 unspecified atom stereocenters. The van der Waals surface area contributed by atoms with Gasteiger partial charge in [0, 0.05) is 10.5 Å². The zero-order chi connectivity index (χ0) is 11.0. The average Bonchev–Trinajstić information content (AvgIpc) is 2.24. The van der Waals surface area contributed by atoms with Crippen molar-refractivity contribution in [3.05, 3.63) is 41.3 Å². The molecule has 0 aliphatic rings. The van der Waals surface area contributed by atoms with E-state index in [4.69, 9.17) is 6.42 Å². The van der Waals surface area contributed by atoms with Gasteiger partial charge in [-0.3, -0.25) is 0 Å². The zero-order valence-electron chi connectivity index (χ0n) is 9.00. The zero-order valence-corrected chi connectivity index (χ0v) is 9.82. The van der Waals surface area contributed by atoms with Gasteiger partial charge in [-0.2, -0.15) is 0 Å². The van der Waals surface area contributed by atoms with E-state index in [1.165, 1.54) is 5.56 Å². The third-order valence-corrected chi connectivity index (χ3v) is 2.28. The van der Waals surface area contributed by atoms with Gasteiger partial charge < -0.3 is 0 Å². The summed E-state index contributed by atoms with van der Waals surface area (Å²) in [6.45, 7) is 9.68. The van der Waals surface area contributed by atoms with Crippen molar-refractivity contribution in [1.29, 1.82) is 0 Å². The van der Waals surface area contributed by atoms with Crippen molar-refractivity contribution >= 4 is 11.8 Å². The summed E-state index contributed by atoms with van der Waals surface area (Å²) >= 11 is 1.56. The smallest absolute Gasteiger partial charge is 0.0384 e. The second-order valence-electron chi connectivity index (χ2n) is 2.43. The predicted octanol–water partition coefficient (Wildman–Crippen LogP) is 4.24. The van der Waals surface area contributed by atoms with E-state index in [0.29, 0.717) is 0 Å². The van der Waals surface area contributed by atoms with Gasteiger partial charge in [0.1, 0.15) is 0 Å². The molecule has 0 aromatic heterocycles. The molecule has 0 aliphatic carbocycles. The van der Waals surface area contributed by atoms with Crippen molar-refractivity contribution in [3.8, 4) is 12.3 Å². The van der Waals surface area contributed by atoms with Crippen LogP contribution >= 0.6 is 11.8 Å². The fourth-order valence-electron chi connectivity index (χ4n) is 0.949. The number of benzene rings is 1. The van der Waals surface area contributed by atoms with Gasteiger partial charge in [0.2, 0.25) is 0 Å². The molecule has 1 aromatic carbocycles. The Balaban J connectivity index is 0.000000791. The summed E-state index contributed by atoms with van der Waals surface area (Å²) in [6.07, 6.45) is 5.35. The van der Waals surface area contributed by atoms with Gasteiger partial charge in [0.25, 0.3) is 0 Å². The molecule has 14 heavy (non-hydrogen) atoms. The molecule has 0 spiro atoms. The SMILES string of the molecule is C#Cc1cc(C)ccc1SC=C.CC. The van der Waals surface area contributed by atoms with Crippen LogP contribution in [-0.2, 0) is 0 Å². The predicted molar refractivity (Wildman–Crippen MR) is 66.5 cm³/mol. The summed E-state index contributed by atoms with van der Waals surface area (Å²) in [5, 5.41) is 1.78. The fraction of sp³-hybridized carbons (Fsp3) is 0.231. The molecule has 74 valence electrons. The first-order valence-corrected chi connectivity index (χ1v) is 5.50. The Kier molecular flexibility index (Phi) is 6.70. The first kappa shape index (κ1) is 12.9. The molecule has 1 rings (SSSR count). The third kappa shape index (κ3) is 3.72. The van der Waals surface area contributed by atoms with Crippen LogP contribution in [0.15, 0.2) is 35.1 Å². The summed E-state index contributed by atoms with van der Waals surface area (Å²) in [6, 6.07) is 6.08. The van der Waals surface area contributed by atoms with Gasteiger partial charge in [-0.25, -0.2) is 0 Å². The van der Waals surface area contributed by atoms with Crippen LogP contribution in [0.3, 0.4) is 0 Å². The molecule has 1 aromatic rings. The molecule has 0 radical (unpaired) electrons. The Morgan fingerprint density at radius 2 is 2.07 bits per heavy atom. The van der Waals surface area contributed by atoms with Crippen molar-refractivity contribution in [2.45, 2.75) is 25.7 Å². The second kappa shape index (κ2) is 7.29. The fourth-order valence-corrected chi connectivity index (χ4v) is 1.52. The highest BCUT2D eigenvalue weighted by molar-refractivity contribution is 8.02. The first-order chi connectivity index (χ1) is 6.77. The highest BCUT2D eigenvalue weighted by Gasteiger charge is 1.97. The monoisotopic (exact) mass is 204 g/mol. The molecule has 0 saturated carbocycles. The summed E-state index contributed by atoms with van der Waals surface area (Å²) in [7, 11) is 0. The van der Waals surface area contributed by atoms with Crippen LogP contribution in [0.25, 0.3) is 0 Å². The molecule has 1 heteroatoms. The molecule has 0 aliphatic heterocycles. The molecule has 0 atom stereocenters. The highest BCUT2D eigenvalue weighted by Crippen LogP contribution is 2.23. The maximum Gasteiger partial charge on any atom is 0.0384 e. The molecule has 0 N–H and O–H groups in total. The van der Waals surface area contributed by atoms with E-state index >= 15 is 0 Å². The number of rotatable bonds is 2. The first-order valence-electron chi connectivity index (χ1n) is 4.62. The van der Waals surface area contributed by atoms with Crippen molar-refractivity contribution < 1.29 is 0 Å². The van der Waals surface area contributed by atoms with Crippen LogP contribution in [0.5, 0.6) is 0 Å². The summed E-state index contributed by atoms with van der Waals surface area (Å²) in [5.41, 5.74) is 2.14. The molecule has 0 heterocycles. The number of thioether (sulfide) groups is 1. The van der Waals surface area contributed by atoms with Crippen molar-refractivity contribution in [1.82, 2.24) is 0 Å². The minimum Gasteiger partial charge on any atom is -0.115 e. The molecule has 0 fully saturated rings. The lowest BCUT2D eigenvalue weighted by molar-refractivity contribution is 1.35. The molecule has 0 bridgehead atoms. The largest absolute Gasteiger partial charge is 0.115 e. The normalized spacial score (nSPS) is 8.14. The van der Waals surface area contributed by atoms with E-state index in [0.717, 1.165) is 10.5 Å². The van der Waals surface area contributed by atoms with Crippen molar-refractivity contribution in [2.75, 3.05) is 0 Å². The Labute approximate surface area is 91.4 Å². The molecule has 0 saturated heterocycles.